The molecule has 0 aromatic rings. The highest BCUT2D eigenvalue weighted by Gasteiger charge is 2.47. The van der Waals surface area contributed by atoms with Gasteiger partial charge in [0.1, 0.15) is 0 Å². The maximum Gasteiger partial charge on any atom is 0.0208 e. The van der Waals surface area contributed by atoms with Crippen molar-refractivity contribution >= 4 is 0 Å². The van der Waals surface area contributed by atoms with Crippen LogP contribution in [0.15, 0.2) is 0 Å². The highest BCUT2D eigenvalue weighted by molar-refractivity contribution is 5.06. The molecule has 1 atom stereocenters. The number of likely N-dealkylation sites (tertiary alicyclic amines) is 1. The summed E-state index contributed by atoms with van der Waals surface area (Å²) in [5.41, 5.74) is 0.561. The molecule has 2 nitrogen and oxygen atoms in total. The lowest BCUT2D eigenvalue weighted by Gasteiger charge is -2.25. The van der Waals surface area contributed by atoms with E-state index in [1.165, 1.54) is 45.2 Å². The molecule has 0 bridgehead atoms. The van der Waals surface area contributed by atoms with Crippen LogP contribution in [0, 0.1) is 5.92 Å². The van der Waals surface area contributed by atoms with Crippen molar-refractivity contribution in [3.8, 4) is 0 Å². The third-order valence-electron chi connectivity index (χ3n) is 4.02. The van der Waals surface area contributed by atoms with E-state index in [-0.39, 0.29) is 0 Å². The molecule has 2 rings (SSSR count). The maximum atomic E-state index is 3.55. The van der Waals surface area contributed by atoms with Crippen LogP contribution in [-0.4, -0.2) is 37.6 Å². The Bertz CT molecular complexity index is 175. The van der Waals surface area contributed by atoms with Gasteiger partial charge in [-0.3, -0.25) is 0 Å². The summed E-state index contributed by atoms with van der Waals surface area (Å²) < 4.78 is 0. The van der Waals surface area contributed by atoms with Crippen LogP contribution in [0.3, 0.4) is 0 Å². The Kier molecular flexibility index (Phi) is 2.61. The highest BCUT2D eigenvalue weighted by Crippen LogP contribution is 2.46. The quantitative estimate of drug-likeness (QED) is 0.695. The molecular weight excluding hydrogens is 160 g/mol. The molecule has 1 saturated heterocycles. The summed E-state index contributed by atoms with van der Waals surface area (Å²) in [6.45, 7) is 2.60. The molecule has 1 saturated carbocycles. The summed E-state index contributed by atoms with van der Waals surface area (Å²) in [7, 11) is 4.39. The van der Waals surface area contributed by atoms with Gasteiger partial charge < -0.3 is 10.2 Å². The first-order valence-electron chi connectivity index (χ1n) is 5.64. The van der Waals surface area contributed by atoms with Crippen LogP contribution in [0.1, 0.15) is 32.1 Å². The summed E-state index contributed by atoms with van der Waals surface area (Å²) >= 11 is 0. The maximum absolute atomic E-state index is 3.55. The number of rotatable bonds is 2. The fourth-order valence-corrected chi connectivity index (χ4v) is 2.79. The number of hydrogen-bond acceptors (Lipinski definition) is 2. The SMILES string of the molecule is CNC1(C2CCCN(C)CC2)CC1. The van der Waals surface area contributed by atoms with E-state index in [0.717, 1.165) is 5.92 Å². The van der Waals surface area contributed by atoms with E-state index in [1.54, 1.807) is 0 Å². The van der Waals surface area contributed by atoms with Gasteiger partial charge in [0.15, 0.2) is 0 Å². The molecule has 2 aliphatic rings. The zero-order valence-electron chi connectivity index (χ0n) is 8.97. The molecule has 0 aromatic carbocycles. The standard InChI is InChI=1S/C11H22N2/c1-12-11(6-7-11)10-4-3-8-13(2)9-5-10/h10,12H,3-9H2,1-2H3. The van der Waals surface area contributed by atoms with Crippen LogP contribution in [0.4, 0.5) is 0 Å². The van der Waals surface area contributed by atoms with E-state index >= 15 is 0 Å². The van der Waals surface area contributed by atoms with Crippen molar-refractivity contribution in [2.75, 3.05) is 27.2 Å². The first kappa shape index (κ1) is 9.47. The van der Waals surface area contributed by atoms with Crippen LogP contribution in [-0.2, 0) is 0 Å². The molecule has 0 spiro atoms. The third kappa shape index (κ3) is 1.89. The first-order chi connectivity index (χ1) is 6.27. The van der Waals surface area contributed by atoms with E-state index in [2.05, 4.69) is 24.3 Å². The molecule has 2 fully saturated rings. The first-order valence-corrected chi connectivity index (χ1v) is 5.64. The predicted molar refractivity (Wildman–Crippen MR) is 55.9 cm³/mol. The van der Waals surface area contributed by atoms with E-state index < -0.39 is 0 Å². The summed E-state index contributed by atoms with van der Waals surface area (Å²) in [5, 5.41) is 3.55. The molecule has 0 aromatic heterocycles. The van der Waals surface area contributed by atoms with Crippen molar-refractivity contribution in [2.45, 2.75) is 37.6 Å². The monoisotopic (exact) mass is 182 g/mol. The summed E-state index contributed by atoms with van der Waals surface area (Å²) in [5.74, 6) is 0.947. The Morgan fingerprint density at radius 2 is 2.00 bits per heavy atom. The van der Waals surface area contributed by atoms with Gasteiger partial charge >= 0.3 is 0 Å². The van der Waals surface area contributed by atoms with Crippen molar-refractivity contribution in [2.24, 2.45) is 5.92 Å². The Balaban J connectivity index is 1.92. The Labute approximate surface area is 81.7 Å². The third-order valence-corrected chi connectivity index (χ3v) is 4.02. The fourth-order valence-electron chi connectivity index (χ4n) is 2.79. The normalized spacial score (nSPS) is 34.2. The minimum Gasteiger partial charge on any atom is -0.314 e. The Morgan fingerprint density at radius 3 is 2.62 bits per heavy atom. The van der Waals surface area contributed by atoms with Crippen LogP contribution in [0.25, 0.3) is 0 Å². The molecule has 13 heavy (non-hydrogen) atoms. The van der Waals surface area contributed by atoms with Gasteiger partial charge in [0.2, 0.25) is 0 Å². The van der Waals surface area contributed by atoms with Crippen molar-refractivity contribution < 1.29 is 0 Å². The topological polar surface area (TPSA) is 15.3 Å². The van der Waals surface area contributed by atoms with Gasteiger partial charge in [-0.15, -0.1) is 0 Å². The molecular formula is C11H22N2. The second kappa shape index (κ2) is 3.58. The van der Waals surface area contributed by atoms with Gasteiger partial charge in [0.05, 0.1) is 0 Å². The van der Waals surface area contributed by atoms with Crippen molar-refractivity contribution in [3.05, 3.63) is 0 Å². The van der Waals surface area contributed by atoms with Crippen LogP contribution < -0.4 is 5.32 Å². The van der Waals surface area contributed by atoms with Crippen molar-refractivity contribution in [1.29, 1.82) is 0 Å². The number of nitrogens with one attached hydrogen (secondary N) is 1. The molecule has 76 valence electrons. The molecule has 1 unspecified atom stereocenters. The molecule has 1 heterocycles. The summed E-state index contributed by atoms with van der Waals surface area (Å²) in [6.07, 6.45) is 7.06. The zero-order chi connectivity index (χ0) is 9.31. The second-order valence-electron chi connectivity index (χ2n) is 4.84. The average molecular weight is 182 g/mol. The van der Waals surface area contributed by atoms with E-state index in [9.17, 15) is 0 Å². The molecule has 1 N–H and O–H groups in total. The van der Waals surface area contributed by atoms with Gasteiger partial charge in [-0.25, -0.2) is 0 Å². The van der Waals surface area contributed by atoms with Crippen molar-refractivity contribution in [1.82, 2.24) is 10.2 Å². The van der Waals surface area contributed by atoms with E-state index in [4.69, 9.17) is 0 Å². The minimum atomic E-state index is 0.561. The Morgan fingerprint density at radius 1 is 1.23 bits per heavy atom. The molecule has 0 amide bonds. The van der Waals surface area contributed by atoms with Crippen molar-refractivity contribution in [3.63, 3.8) is 0 Å². The highest BCUT2D eigenvalue weighted by atomic mass is 15.1. The summed E-state index contributed by atoms with van der Waals surface area (Å²) in [4.78, 5) is 2.48. The number of nitrogens with zero attached hydrogens (tertiary/aromatic N) is 1. The van der Waals surface area contributed by atoms with E-state index in [0.29, 0.717) is 5.54 Å². The Hall–Kier alpha value is -0.0800. The van der Waals surface area contributed by atoms with Gasteiger partial charge in [-0.05, 0) is 65.2 Å². The van der Waals surface area contributed by atoms with Crippen LogP contribution in [0.5, 0.6) is 0 Å². The van der Waals surface area contributed by atoms with Gasteiger partial charge in [0.25, 0.3) is 0 Å². The van der Waals surface area contributed by atoms with Crippen LogP contribution in [0.2, 0.25) is 0 Å². The molecule has 1 aliphatic carbocycles. The molecule has 0 radical (unpaired) electrons. The average Bonchev–Trinajstić information content (AvgIpc) is 2.89. The smallest absolute Gasteiger partial charge is 0.0208 e. The lowest BCUT2D eigenvalue weighted by Crippen LogP contribution is -2.36. The molecule has 1 aliphatic heterocycles. The molecule has 2 heteroatoms. The van der Waals surface area contributed by atoms with Crippen LogP contribution >= 0.6 is 0 Å². The minimum absolute atomic E-state index is 0.561. The lowest BCUT2D eigenvalue weighted by atomic mass is 9.90. The van der Waals surface area contributed by atoms with Gasteiger partial charge in [-0.1, -0.05) is 0 Å². The lowest BCUT2D eigenvalue weighted by molar-refractivity contribution is 0.301. The largest absolute Gasteiger partial charge is 0.314 e. The van der Waals surface area contributed by atoms with Gasteiger partial charge in [0, 0.05) is 5.54 Å². The second-order valence-corrected chi connectivity index (χ2v) is 4.84. The fraction of sp³-hybridized carbons (Fsp3) is 1.00. The van der Waals surface area contributed by atoms with E-state index in [1.807, 2.05) is 0 Å². The summed E-state index contributed by atoms with van der Waals surface area (Å²) in [6, 6.07) is 0. The predicted octanol–water partition coefficient (Wildman–Crippen LogP) is 1.47. The number of hydrogen-bond donors (Lipinski definition) is 1. The zero-order valence-corrected chi connectivity index (χ0v) is 8.97. The van der Waals surface area contributed by atoms with Gasteiger partial charge in [-0.2, -0.15) is 0 Å².